The molecule has 1 unspecified atom stereocenters. The zero-order valence-corrected chi connectivity index (χ0v) is 13.2. The first-order chi connectivity index (χ1) is 9.74. The zero-order valence-electron chi connectivity index (χ0n) is 11.6. The summed E-state index contributed by atoms with van der Waals surface area (Å²) in [5.74, 6) is 0. The summed E-state index contributed by atoms with van der Waals surface area (Å²) in [5.41, 5.74) is 5.26. The first-order valence-electron chi connectivity index (χ1n) is 7.05. The minimum Gasteiger partial charge on any atom is -0.378 e. The van der Waals surface area contributed by atoms with Crippen LogP contribution in [0.3, 0.4) is 0 Å². The molecule has 0 fully saturated rings. The summed E-state index contributed by atoms with van der Waals surface area (Å²) in [4.78, 5) is 0. The highest BCUT2D eigenvalue weighted by molar-refractivity contribution is 9.10. The number of aryl methyl sites for hydroxylation is 1. The van der Waals surface area contributed by atoms with Crippen molar-refractivity contribution in [3.05, 3.63) is 63.6 Å². The van der Waals surface area contributed by atoms with E-state index in [-0.39, 0.29) is 0 Å². The van der Waals surface area contributed by atoms with Crippen molar-refractivity contribution in [3.8, 4) is 0 Å². The average molecular weight is 331 g/mol. The van der Waals surface area contributed by atoms with E-state index < -0.39 is 0 Å². The lowest BCUT2D eigenvalue weighted by molar-refractivity contribution is 0.637. The highest BCUT2D eigenvalue weighted by atomic mass is 79.9. The van der Waals surface area contributed by atoms with Gasteiger partial charge >= 0.3 is 0 Å². The molecule has 0 spiro atoms. The number of anilines is 1. The Bertz CT molecular complexity index is 610. The standard InChI is InChI=1S/C17H19BrN2/c1-12-10-14(6-7-16(12)18)20-17-8-9-19-11-13-4-2-3-5-15(13)17/h2-7,10,17,19-20H,8-9,11H2,1H3. The van der Waals surface area contributed by atoms with E-state index in [1.54, 1.807) is 0 Å². The number of fused-ring (bicyclic) bond motifs is 1. The van der Waals surface area contributed by atoms with Gasteiger partial charge in [-0.15, -0.1) is 0 Å². The third kappa shape index (κ3) is 2.89. The van der Waals surface area contributed by atoms with Crippen molar-refractivity contribution in [2.24, 2.45) is 0 Å². The molecule has 0 aliphatic carbocycles. The first-order valence-corrected chi connectivity index (χ1v) is 7.84. The van der Waals surface area contributed by atoms with E-state index in [4.69, 9.17) is 0 Å². The van der Waals surface area contributed by atoms with E-state index in [9.17, 15) is 0 Å². The Morgan fingerprint density at radius 2 is 2.05 bits per heavy atom. The third-order valence-electron chi connectivity index (χ3n) is 3.85. The van der Waals surface area contributed by atoms with Gasteiger partial charge in [-0.05, 0) is 54.8 Å². The van der Waals surface area contributed by atoms with Gasteiger partial charge in [-0.3, -0.25) is 0 Å². The lowest BCUT2D eigenvalue weighted by Crippen LogP contribution is -2.15. The van der Waals surface area contributed by atoms with Crippen LogP contribution in [0.1, 0.15) is 29.2 Å². The number of rotatable bonds is 2. The second-order valence-electron chi connectivity index (χ2n) is 5.33. The molecule has 3 rings (SSSR count). The van der Waals surface area contributed by atoms with Gasteiger partial charge in [-0.2, -0.15) is 0 Å². The van der Waals surface area contributed by atoms with Crippen molar-refractivity contribution in [2.75, 3.05) is 11.9 Å². The van der Waals surface area contributed by atoms with Crippen molar-refractivity contribution in [2.45, 2.75) is 25.9 Å². The molecule has 2 nitrogen and oxygen atoms in total. The fraction of sp³-hybridized carbons (Fsp3) is 0.294. The molecular formula is C17H19BrN2. The Balaban J connectivity index is 1.88. The second kappa shape index (κ2) is 5.98. The second-order valence-corrected chi connectivity index (χ2v) is 6.18. The summed E-state index contributed by atoms with van der Waals surface area (Å²) < 4.78 is 1.16. The molecule has 0 radical (unpaired) electrons. The number of hydrogen-bond donors (Lipinski definition) is 2. The van der Waals surface area contributed by atoms with Gasteiger partial charge in [0.15, 0.2) is 0 Å². The van der Waals surface area contributed by atoms with Crippen molar-refractivity contribution in [1.82, 2.24) is 5.32 Å². The Kier molecular flexibility index (Phi) is 4.08. The normalized spacial score (nSPS) is 18.2. The molecule has 0 saturated carbocycles. The first kappa shape index (κ1) is 13.7. The Hall–Kier alpha value is -1.32. The van der Waals surface area contributed by atoms with Crippen molar-refractivity contribution in [3.63, 3.8) is 0 Å². The van der Waals surface area contributed by atoms with Crippen LogP contribution >= 0.6 is 15.9 Å². The fourth-order valence-electron chi connectivity index (χ4n) is 2.75. The van der Waals surface area contributed by atoms with Crippen molar-refractivity contribution >= 4 is 21.6 Å². The molecule has 1 aliphatic rings. The largest absolute Gasteiger partial charge is 0.378 e. The quantitative estimate of drug-likeness (QED) is 0.852. The number of nitrogens with one attached hydrogen (secondary N) is 2. The van der Waals surface area contributed by atoms with E-state index in [1.807, 2.05) is 0 Å². The molecule has 1 aliphatic heterocycles. The molecular weight excluding hydrogens is 312 g/mol. The number of benzene rings is 2. The van der Waals surface area contributed by atoms with Gasteiger partial charge < -0.3 is 10.6 Å². The van der Waals surface area contributed by atoms with Crippen molar-refractivity contribution in [1.29, 1.82) is 0 Å². The van der Waals surface area contributed by atoms with Crippen molar-refractivity contribution < 1.29 is 0 Å². The summed E-state index contributed by atoms with van der Waals surface area (Å²) >= 11 is 3.56. The van der Waals surface area contributed by atoms with Crippen LogP contribution in [0.2, 0.25) is 0 Å². The Morgan fingerprint density at radius 1 is 1.20 bits per heavy atom. The summed E-state index contributed by atoms with van der Waals surface area (Å²) in [6.07, 6.45) is 1.10. The number of hydrogen-bond acceptors (Lipinski definition) is 2. The van der Waals surface area contributed by atoms with Gasteiger partial charge in [0, 0.05) is 16.7 Å². The Morgan fingerprint density at radius 3 is 2.90 bits per heavy atom. The molecule has 0 saturated heterocycles. The van der Waals surface area contributed by atoms with Crippen LogP contribution in [0.15, 0.2) is 46.9 Å². The van der Waals surface area contributed by atoms with E-state index in [2.05, 4.69) is 76.0 Å². The van der Waals surface area contributed by atoms with Gasteiger partial charge in [-0.25, -0.2) is 0 Å². The van der Waals surface area contributed by atoms with Gasteiger partial charge in [0.1, 0.15) is 0 Å². The van der Waals surface area contributed by atoms with Gasteiger partial charge in [0.25, 0.3) is 0 Å². The zero-order chi connectivity index (χ0) is 13.9. The molecule has 0 aromatic heterocycles. The topological polar surface area (TPSA) is 24.1 Å². The predicted molar refractivity (Wildman–Crippen MR) is 88.0 cm³/mol. The fourth-order valence-corrected chi connectivity index (χ4v) is 2.99. The molecule has 0 bridgehead atoms. The third-order valence-corrected chi connectivity index (χ3v) is 4.74. The van der Waals surface area contributed by atoms with E-state index in [0.29, 0.717) is 6.04 Å². The summed E-state index contributed by atoms with van der Waals surface area (Å²) in [5, 5.41) is 7.18. The minimum atomic E-state index is 0.377. The molecule has 1 atom stereocenters. The van der Waals surface area contributed by atoms with E-state index in [1.165, 1.54) is 22.4 Å². The Labute approximate surface area is 128 Å². The van der Waals surface area contributed by atoms with E-state index >= 15 is 0 Å². The minimum absolute atomic E-state index is 0.377. The molecule has 1 heterocycles. The SMILES string of the molecule is Cc1cc(NC2CCNCc3ccccc32)ccc1Br. The van der Waals surface area contributed by atoms with Crippen LogP contribution in [0, 0.1) is 6.92 Å². The maximum Gasteiger partial charge on any atom is 0.0529 e. The summed E-state index contributed by atoms with van der Waals surface area (Å²) in [6.45, 7) is 4.13. The summed E-state index contributed by atoms with van der Waals surface area (Å²) in [7, 11) is 0. The van der Waals surface area contributed by atoms with Crippen LogP contribution in [0.4, 0.5) is 5.69 Å². The molecule has 2 aromatic rings. The highest BCUT2D eigenvalue weighted by Gasteiger charge is 2.17. The molecule has 2 aromatic carbocycles. The van der Waals surface area contributed by atoms with Gasteiger partial charge in [-0.1, -0.05) is 40.2 Å². The molecule has 2 N–H and O–H groups in total. The van der Waals surface area contributed by atoms with Gasteiger partial charge in [0.2, 0.25) is 0 Å². The maximum absolute atomic E-state index is 3.68. The maximum atomic E-state index is 3.68. The average Bonchev–Trinajstić information content (AvgIpc) is 2.66. The van der Waals surface area contributed by atoms with Crippen LogP contribution in [-0.2, 0) is 6.54 Å². The smallest absolute Gasteiger partial charge is 0.0529 e. The highest BCUT2D eigenvalue weighted by Crippen LogP contribution is 2.29. The van der Waals surface area contributed by atoms with Crippen LogP contribution in [0.5, 0.6) is 0 Å². The predicted octanol–water partition coefficient (Wildman–Crippen LogP) is 4.40. The molecule has 104 valence electrons. The van der Waals surface area contributed by atoms with E-state index in [0.717, 1.165) is 24.0 Å². The van der Waals surface area contributed by atoms with Crippen LogP contribution in [0.25, 0.3) is 0 Å². The lowest BCUT2D eigenvalue weighted by atomic mass is 9.99. The van der Waals surface area contributed by atoms with Crippen LogP contribution in [-0.4, -0.2) is 6.54 Å². The summed E-state index contributed by atoms with van der Waals surface area (Å²) in [6, 6.07) is 15.5. The number of halogens is 1. The lowest BCUT2D eigenvalue weighted by Gasteiger charge is -2.20. The van der Waals surface area contributed by atoms with Crippen LogP contribution < -0.4 is 10.6 Å². The van der Waals surface area contributed by atoms with Gasteiger partial charge in [0.05, 0.1) is 6.04 Å². The molecule has 0 amide bonds. The molecule has 20 heavy (non-hydrogen) atoms. The molecule has 3 heteroatoms. The monoisotopic (exact) mass is 330 g/mol.